The number of hydrogen-bond donors (Lipinski definition) is 4. The van der Waals surface area contributed by atoms with Crippen molar-refractivity contribution in [2.75, 3.05) is 19.6 Å². The number of allylic oxidation sites excluding steroid dienone is 1. The summed E-state index contributed by atoms with van der Waals surface area (Å²) in [6, 6.07) is -4.10. The maximum Gasteiger partial charge on any atom is 0.315 e. The molecule has 2 aliphatic heterocycles. The maximum atomic E-state index is 15.0. The van der Waals surface area contributed by atoms with Gasteiger partial charge in [-0.3, -0.25) is 33.7 Å². The smallest absolute Gasteiger partial charge is 0.315 e. The summed E-state index contributed by atoms with van der Waals surface area (Å²) >= 11 is 0. The number of fused-ring (bicyclic) bond motifs is 1. The van der Waals surface area contributed by atoms with Gasteiger partial charge >= 0.3 is 6.03 Å². The highest BCUT2D eigenvalue weighted by Crippen LogP contribution is 2.49. The highest BCUT2D eigenvalue weighted by atomic mass is 16.2. The summed E-state index contributed by atoms with van der Waals surface area (Å²) in [5.41, 5.74) is -1.28. The van der Waals surface area contributed by atoms with E-state index in [9.17, 15) is 33.6 Å². The van der Waals surface area contributed by atoms with E-state index in [-0.39, 0.29) is 79.3 Å². The van der Waals surface area contributed by atoms with Gasteiger partial charge in [-0.2, -0.15) is 0 Å². The molecule has 0 aromatic heterocycles. The van der Waals surface area contributed by atoms with Crippen molar-refractivity contribution in [1.82, 2.24) is 31.1 Å². The lowest BCUT2D eigenvalue weighted by Gasteiger charge is -2.40. The lowest BCUT2D eigenvalue weighted by molar-refractivity contribution is -0.153. The first-order chi connectivity index (χ1) is 25.7. The van der Waals surface area contributed by atoms with Crippen LogP contribution in [0.25, 0.3) is 0 Å². The van der Waals surface area contributed by atoms with Crippen LogP contribution in [0.15, 0.2) is 24.8 Å². The fourth-order valence-electron chi connectivity index (χ4n) is 8.96. The number of hydrogen-bond acceptors (Lipinski definition) is 7. The van der Waals surface area contributed by atoms with Crippen LogP contribution < -0.4 is 21.3 Å². The maximum absolute atomic E-state index is 15.0. The van der Waals surface area contributed by atoms with Crippen LogP contribution in [-0.4, -0.2) is 95.0 Å². The molecule has 0 aromatic rings. The summed E-state index contributed by atoms with van der Waals surface area (Å²) in [5, 5.41) is 11.5. The third kappa shape index (κ3) is 10.0. The molecule has 55 heavy (non-hydrogen) atoms. The van der Waals surface area contributed by atoms with Crippen molar-refractivity contribution in [2.45, 2.75) is 137 Å². The standard InChI is InChI=1S/C42H64N6O7/c1-9-19-43-37(53)35(51)29(20-25-15-16-25)44-36(52)34-27-17-18-42(7,8)28(27)23-48(34)38(54)33(26-13-11-10-12-14-26)46-39(55)45-30(40(2,3)4)24-47-31(49)21-41(5,6)22-32(47)50/h9,17-18,25-30,33-34H,1,10-16,19-24H2,2-8H3,(H,43,53)(H,44,52)(H2,45,46,55)/t27-,28-,29?,30+,33-,34-/m0/s1. The molecule has 2 saturated heterocycles. The largest absolute Gasteiger partial charge is 0.346 e. The highest BCUT2D eigenvalue weighted by Gasteiger charge is 2.55. The summed E-state index contributed by atoms with van der Waals surface area (Å²) < 4.78 is 0. The zero-order chi connectivity index (χ0) is 40.5. The number of piperidine rings is 1. The molecule has 0 aromatic carbocycles. The lowest BCUT2D eigenvalue weighted by atomic mass is 9.78. The number of nitrogens with zero attached hydrogens (tertiary/aromatic N) is 2. The molecule has 5 rings (SSSR count). The molecule has 4 N–H and O–H groups in total. The first-order valence-electron chi connectivity index (χ1n) is 20.4. The van der Waals surface area contributed by atoms with E-state index < -0.39 is 58.6 Å². The van der Waals surface area contributed by atoms with Crippen LogP contribution in [0.4, 0.5) is 4.79 Å². The fraction of sp³-hybridized carbons (Fsp3) is 0.738. The second kappa shape index (κ2) is 16.6. The molecule has 7 amide bonds. The monoisotopic (exact) mass is 764 g/mol. The van der Waals surface area contributed by atoms with Crippen molar-refractivity contribution < 1.29 is 33.6 Å². The Labute approximate surface area is 326 Å². The van der Waals surface area contributed by atoms with Gasteiger partial charge in [-0.05, 0) is 53.3 Å². The van der Waals surface area contributed by atoms with Gasteiger partial charge in [0.1, 0.15) is 12.1 Å². The molecule has 2 heterocycles. The number of carbonyl (C=O) groups excluding carboxylic acids is 7. The summed E-state index contributed by atoms with van der Waals surface area (Å²) in [7, 11) is 0. The molecule has 304 valence electrons. The molecule has 3 aliphatic carbocycles. The Balaban J connectivity index is 1.38. The first-order valence-corrected chi connectivity index (χ1v) is 20.4. The minimum atomic E-state index is -1.03. The van der Waals surface area contributed by atoms with Crippen LogP contribution in [0.3, 0.4) is 0 Å². The molecule has 13 nitrogen and oxygen atoms in total. The van der Waals surface area contributed by atoms with E-state index in [0.29, 0.717) is 6.42 Å². The van der Waals surface area contributed by atoms with E-state index in [0.717, 1.165) is 44.9 Å². The third-order valence-electron chi connectivity index (χ3n) is 12.6. The van der Waals surface area contributed by atoms with Crippen molar-refractivity contribution in [3.05, 3.63) is 24.8 Å². The van der Waals surface area contributed by atoms with Gasteiger partial charge in [0.05, 0.1) is 12.1 Å². The number of carbonyl (C=O) groups is 7. The van der Waals surface area contributed by atoms with Crippen LogP contribution in [0.5, 0.6) is 0 Å². The van der Waals surface area contributed by atoms with Gasteiger partial charge in [-0.1, -0.05) is 98.8 Å². The predicted molar refractivity (Wildman–Crippen MR) is 208 cm³/mol. The van der Waals surface area contributed by atoms with Gasteiger partial charge in [0, 0.05) is 38.4 Å². The number of likely N-dealkylation sites (tertiary alicyclic amines) is 2. The van der Waals surface area contributed by atoms with Crippen LogP contribution in [0.2, 0.25) is 0 Å². The van der Waals surface area contributed by atoms with E-state index in [1.165, 1.54) is 11.0 Å². The lowest BCUT2D eigenvalue weighted by Crippen LogP contribution is -2.62. The third-order valence-corrected chi connectivity index (χ3v) is 12.6. The molecular weight excluding hydrogens is 700 g/mol. The van der Waals surface area contributed by atoms with E-state index >= 15 is 0 Å². The van der Waals surface area contributed by atoms with E-state index in [1.807, 2.05) is 40.7 Å². The Morgan fingerprint density at radius 3 is 2.15 bits per heavy atom. The number of Topliss-reactive ketones (excluding diaryl/α,β-unsaturated/α-hetero) is 1. The second-order valence-electron chi connectivity index (χ2n) is 19.2. The topological polar surface area (TPSA) is 174 Å². The number of rotatable bonds is 14. The summed E-state index contributed by atoms with van der Waals surface area (Å²) in [6.07, 6.45) is 12.5. The van der Waals surface area contributed by atoms with Gasteiger partial charge < -0.3 is 26.2 Å². The number of nitrogens with one attached hydrogen (secondary N) is 4. The average molecular weight is 765 g/mol. The summed E-state index contributed by atoms with van der Waals surface area (Å²) in [5.74, 6) is -3.23. The second-order valence-corrected chi connectivity index (χ2v) is 19.2. The number of urea groups is 1. The van der Waals surface area contributed by atoms with Crippen molar-refractivity contribution in [2.24, 2.45) is 39.9 Å². The van der Waals surface area contributed by atoms with E-state index in [1.54, 1.807) is 4.90 Å². The zero-order valence-corrected chi connectivity index (χ0v) is 34.0. The van der Waals surface area contributed by atoms with Gasteiger partial charge in [0.2, 0.25) is 29.4 Å². The summed E-state index contributed by atoms with van der Waals surface area (Å²) in [4.78, 5) is 98.5. The average Bonchev–Trinajstić information content (AvgIpc) is 3.75. The highest BCUT2D eigenvalue weighted by molar-refractivity contribution is 6.38. The van der Waals surface area contributed by atoms with E-state index in [2.05, 4.69) is 47.8 Å². The van der Waals surface area contributed by atoms with Crippen molar-refractivity contribution in [3.8, 4) is 0 Å². The van der Waals surface area contributed by atoms with Crippen LogP contribution in [0, 0.1) is 39.9 Å². The van der Waals surface area contributed by atoms with Crippen LogP contribution in [0.1, 0.15) is 113 Å². The predicted octanol–water partition coefficient (Wildman–Crippen LogP) is 4.02. The summed E-state index contributed by atoms with van der Waals surface area (Å²) in [6.45, 7) is 17.7. The van der Waals surface area contributed by atoms with Crippen molar-refractivity contribution in [3.63, 3.8) is 0 Å². The van der Waals surface area contributed by atoms with Crippen molar-refractivity contribution in [1.29, 1.82) is 0 Å². The normalized spacial score (nSPS) is 26.4. The molecule has 1 unspecified atom stereocenters. The molecule has 0 radical (unpaired) electrons. The van der Waals surface area contributed by atoms with Gasteiger partial charge in [-0.15, -0.1) is 6.58 Å². The van der Waals surface area contributed by atoms with Gasteiger partial charge in [0.15, 0.2) is 0 Å². The Hall–Kier alpha value is -4.03. The Kier molecular flexibility index (Phi) is 12.7. The Morgan fingerprint density at radius 2 is 1.56 bits per heavy atom. The Morgan fingerprint density at radius 1 is 0.927 bits per heavy atom. The molecule has 5 aliphatic rings. The van der Waals surface area contributed by atoms with Gasteiger partial charge in [0.25, 0.3) is 5.91 Å². The molecule has 0 spiro atoms. The zero-order valence-electron chi connectivity index (χ0n) is 34.0. The minimum absolute atomic E-state index is 0.0121. The quantitative estimate of drug-likeness (QED) is 0.118. The van der Waals surface area contributed by atoms with Crippen molar-refractivity contribution >= 4 is 41.4 Å². The molecule has 13 heteroatoms. The van der Waals surface area contributed by atoms with Gasteiger partial charge in [-0.25, -0.2) is 4.79 Å². The molecule has 0 bridgehead atoms. The SMILES string of the molecule is C=CCNC(=O)C(=O)C(CC1CC1)NC(=O)[C@@H]1[C@H]2C=CC(C)(C)[C@H]2CN1C(=O)[C@@H](NC(=O)N[C@H](CN1C(=O)CC(C)(C)CC1=O)C(C)(C)C)C1CCCCC1. The molecular formula is C42H64N6O7. The van der Waals surface area contributed by atoms with Crippen LogP contribution in [-0.2, 0) is 28.8 Å². The number of imide groups is 1. The van der Waals surface area contributed by atoms with E-state index in [4.69, 9.17) is 0 Å². The minimum Gasteiger partial charge on any atom is -0.346 e. The van der Waals surface area contributed by atoms with Crippen LogP contribution >= 0.6 is 0 Å². The number of ketones is 1. The molecule has 2 saturated carbocycles. The molecule has 4 fully saturated rings. The Bertz CT molecular complexity index is 1550. The number of amides is 7. The first kappa shape index (κ1) is 42.1. The fourth-order valence-corrected chi connectivity index (χ4v) is 8.96. The molecule has 6 atom stereocenters.